The van der Waals surface area contributed by atoms with E-state index < -0.39 is 23.8 Å². The van der Waals surface area contributed by atoms with E-state index >= 15 is 0 Å². The number of hydrogen-bond donors (Lipinski definition) is 1. The molecule has 0 bridgehead atoms. The number of nitrogens with one attached hydrogen (secondary N) is 1. The highest BCUT2D eigenvalue weighted by molar-refractivity contribution is 6.35. The third-order valence-corrected chi connectivity index (χ3v) is 4.55. The fourth-order valence-corrected chi connectivity index (χ4v) is 3.32. The number of amides is 3. The van der Waals surface area contributed by atoms with Gasteiger partial charge in [-0.2, -0.15) is 0 Å². The summed E-state index contributed by atoms with van der Waals surface area (Å²) in [5, 5.41) is 3.67. The summed E-state index contributed by atoms with van der Waals surface area (Å²) in [6, 6.07) is 11.1. The quantitative estimate of drug-likeness (QED) is 0.830. The molecule has 7 heteroatoms. The van der Waals surface area contributed by atoms with Gasteiger partial charge in [0.15, 0.2) is 0 Å². The monoisotopic (exact) mass is 376 g/mol. The number of imide groups is 1. The van der Waals surface area contributed by atoms with E-state index in [1.807, 2.05) is 0 Å². The van der Waals surface area contributed by atoms with Gasteiger partial charge in [-0.3, -0.25) is 19.3 Å². The van der Waals surface area contributed by atoms with Gasteiger partial charge in [-0.15, -0.1) is 0 Å². The molecule has 0 saturated heterocycles. The van der Waals surface area contributed by atoms with Crippen molar-refractivity contribution < 1.29 is 14.4 Å². The summed E-state index contributed by atoms with van der Waals surface area (Å²) < 4.78 is 0. The van der Waals surface area contributed by atoms with E-state index in [4.69, 9.17) is 23.2 Å². The smallest absolute Gasteiger partial charge is 0.262 e. The third kappa shape index (κ3) is 3.38. The highest BCUT2D eigenvalue weighted by atomic mass is 35.5. The molecule has 1 heterocycles. The Morgan fingerprint density at radius 3 is 2.24 bits per heavy atom. The minimum Gasteiger partial charge on any atom is -0.348 e. The molecule has 0 radical (unpaired) electrons. The average Bonchev–Trinajstić information content (AvgIpc) is 2.80. The van der Waals surface area contributed by atoms with Crippen LogP contribution in [0.1, 0.15) is 39.2 Å². The minimum atomic E-state index is -0.465. The maximum atomic E-state index is 12.3. The van der Waals surface area contributed by atoms with Crippen LogP contribution in [0, 0.1) is 0 Å². The second-order valence-electron chi connectivity index (χ2n) is 5.70. The van der Waals surface area contributed by atoms with Crippen LogP contribution in [0.25, 0.3) is 0 Å². The Balaban J connectivity index is 1.69. The number of rotatable bonds is 4. The van der Waals surface area contributed by atoms with E-state index in [1.54, 1.807) is 49.4 Å². The van der Waals surface area contributed by atoms with Gasteiger partial charge >= 0.3 is 0 Å². The first-order valence-electron chi connectivity index (χ1n) is 7.58. The molecule has 1 N–H and O–H groups in total. The lowest BCUT2D eigenvalue weighted by atomic mass is 10.1. The Labute approximate surface area is 154 Å². The highest BCUT2D eigenvalue weighted by Gasteiger charge is 2.36. The summed E-state index contributed by atoms with van der Waals surface area (Å²) in [5.41, 5.74) is 1.32. The van der Waals surface area contributed by atoms with Crippen molar-refractivity contribution in [2.75, 3.05) is 6.54 Å². The Morgan fingerprint density at radius 1 is 1.08 bits per heavy atom. The topological polar surface area (TPSA) is 66.5 Å². The van der Waals surface area contributed by atoms with Crippen LogP contribution < -0.4 is 5.32 Å². The summed E-state index contributed by atoms with van der Waals surface area (Å²) >= 11 is 12.0. The molecule has 5 nitrogen and oxygen atoms in total. The van der Waals surface area contributed by atoms with Gasteiger partial charge in [0.2, 0.25) is 5.91 Å². The first kappa shape index (κ1) is 17.5. The second kappa shape index (κ2) is 6.86. The molecule has 0 saturated carbocycles. The van der Waals surface area contributed by atoms with Crippen LogP contribution in [-0.2, 0) is 4.79 Å². The van der Waals surface area contributed by atoms with Gasteiger partial charge in [0.05, 0.1) is 17.2 Å². The lowest BCUT2D eigenvalue weighted by molar-refractivity contribution is -0.122. The molecule has 1 aliphatic heterocycles. The molecule has 3 rings (SSSR count). The number of hydrogen-bond acceptors (Lipinski definition) is 3. The summed E-state index contributed by atoms with van der Waals surface area (Å²) in [5.74, 6) is -1.38. The van der Waals surface area contributed by atoms with Crippen LogP contribution >= 0.6 is 23.2 Å². The van der Waals surface area contributed by atoms with Crippen LogP contribution in [0.3, 0.4) is 0 Å². The Hall–Kier alpha value is -2.37. The zero-order chi connectivity index (χ0) is 18.1. The van der Waals surface area contributed by atoms with Crippen LogP contribution in [0.4, 0.5) is 0 Å². The molecule has 1 aliphatic rings. The third-order valence-electron chi connectivity index (χ3n) is 3.99. The predicted octanol–water partition coefficient (Wildman–Crippen LogP) is 3.47. The maximum absolute atomic E-state index is 12.3. The Kier molecular flexibility index (Phi) is 4.79. The summed E-state index contributed by atoms with van der Waals surface area (Å²) in [6.45, 7) is 1.41. The van der Waals surface area contributed by atoms with Gasteiger partial charge in [-0.05, 0) is 36.8 Å². The van der Waals surface area contributed by atoms with Crippen LogP contribution in [0.15, 0.2) is 42.5 Å². The molecule has 0 unspecified atom stereocenters. The molecule has 0 spiro atoms. The first-order chi connectivity index (χ1) is 11.9. The highest BCUT2D eigenvalue weighted by Crippen LogP contribution is 2.26. The maximum Gasteiger partial charge on any atom is 0.262 e. The van der Waals surface area contributed by atoms with Crippen LogP contribution in [-0.4, -0.2) is 29.2 Å². The van der Waals surface area contributed by atoms with E-state index in [0.29, 0.717) is 26.7 Å². The Morgan fingerprint density at radius 2 is 1.68 bits per heavy atom. The number of carbonyl (C=O) groups excluding carboxylic acids is 3. The molecular formula is C18H14Cl2N2O3. The molecule has 2 aromatic carbocycles. The van der Waals surface area contributed by atoms with Crippen molar-refractivity contribution in [2.24, 2.45) is 0 Å². The van der Waals surface area contributed by atoms with Crippen molar-refractivity contribution >= 4 is 40.9 Å². The van der Waals surface area contributed by atoms with Crippen molar-refractivity contribution in [1.82, 2.24) is 10.2 Å². The van der Waals surface area contributed by atoms with Crippen molar-refractivity contribution in [2.45, 2.75) is 13.0 Å². The molecule has 128 valence electrons. The van der Waals surface area contributed by atoms with Crippen molar-refractivity contribution in [3.8, 4) is 0 Å². The van der Waals surface area contributed by atoms with E-state index in [-0.39, 0.29) is 6.54 Å². The van der Waals surface area contributed by atoms with Gasteiger partial charge in [0.1, 0.15) is 6.54 Å². The molecule has 25 heavy (non-hydrogen) atoms. The lowest BCUT2D eigenvalue weighted by Gasteiger charge is -2.18. The summed E-state index contributed by atoms with van der Waals surface area (Å²) in [4.78, 5) is 37.8. The molecule has 0 aliphatic carbocycles. The number of fused-ring (bicyclic) bond motifs is 1. The molecule has 1 atom stereocenters. The SMILES string of the molecule is C[C@@H](NC(=O)CN1C(=O)c2ccccc2C1=O)c1ccc(Cl)cc1Cl. The standard InChI is InChI=1S/C18H14Cl2N2O3/c1-10(12-7-6-11(19)8-15(12)20)21-16(23)9-22-17(24)13-4-2-3-5-14(13)18(22)25/h2-8,10H,9H2,1H3,(H,21,23)/t10-/m1/s1. The first-order valence-corrected chi connectivity index (χ1v) is 8.33. The number of benzene rings is 2. The van der Waals surface area contributed by atoms with E-state index in [2.05, 4.69) is 5.32 Å². The van der Waals surface area contributed by atoms with E-state index in [1.165, 1.54) is 0 Å². The summed E-state index contributed by atoms with van der Waals surface area (Å²) in [6.07, 6.45) is 0. The van der Waals surface area contributed by atoms with Gasteiger partial charge in [-0.1, -0.05) is 41.4 Å². The van der Waals surface area contributed by atoms with Crippen LogP contribution in [0.2, 0.25) is 10.0 Å². The van der Waals surface area contributed by atoms with Crippen molar-refractivity contribution in [3.63, 3.8) is 0 Å². The fraction of sp³-hybridized carbons (Fsp3) is 0.167. The normalized spacial score (nSPS) is 14.4. The molecule has 0 fully saturated rings. The number of nitrogens with zero attached hydrogens (tertiary/aromatic N) is 1. The number of carbonyl (C=O) groups is 3. The average molecular weight is 377 g/mol. The largest absolute Gasteiger partial charge is 0.348 e. The van der Waals surface area contributed by atoms with E-state index in [0.717, 1.165) is 4.90 Å². The van der Waals surface area contributed by atoms with Crippen LogP contribution in [0.5, 0.6) is 0 Å². The van der Waals surface area contributed by atoms with Gasteiger partial charge < -0.3 is 5.32 Å². The fourth-order valence-electron chi connectivity index (χ4n) is 2.74. The van der Waals surface area contributed by atoms with Gasteiger partial charge in [0.25, 0.3) is 11.8 Å². The van der Waals surface area contributed by atoms with Gasteiger partial charge in [0, 0.05) is 10.0 Å². The van der Waals surface area contributed by atoms with Crippen molar-refractivity contribution in [3.05, 3.63) is 69.2 Å². The van der Waals surface area contributed by atoms with E-state index in [9.17, 15) is 14.4 Å². The molecule has 3 amide bonds. The molecule has 2 aromatic rings. The number of halogens is 2. The zero-order valence-electron chi connectivity index (χ0n) is 13.3. The summed E-state index contributed by atoms with van der Waals surface area (Å²) in [7, 11) is 0. The minimum absolute atomic E-state index is 0.314. The zero-order valence-corrected chi connectivity index (χ0v) is 14.8. The Bertz CT molecular complexity index is 847. The van der Waals surface area contributed by atoms with Gasteiger partial charge in [-0.25, -0.2) is 0 Å². The lowest BCUT2D eigenvalue weighted by Crippen LogP contribution is -2.41. The van der Waals surface area contributed by atoms with Crippen molar-refractivity contribution in [1.29, 1.82) is 0 Å². The predicted molar refractivity (Wildman–Crippen MR) is 94.8 cm³/mol. The molecular weight excluding hydrogens is 363 g/mol. The second-order valence-corrected chi connectivity index (χ2v) is 6.54. The molecule has 0 aromatic heterocycles.